The van der Waals surface area contributed by atoms with E-state index >= 15 is 0 Å². The Morgan fingerprint density at radius 3 is 1.75 bits per heavy atom. The number of Topliss-reactive ketones (excluding diaryl/α,β-unsaturated/α-hetero) is 1. The van der Waals surface area contributed by atoms with Crippen molar-refractivity contribution in [1.82, 2.24) is 0 Å². The summed E-state index contributed by atoms with van der Waals surface area (Å²) in [5.41, 5.74) is 0. The molecule has 0 saturated heterocycles. The van der Waals surface area contributed by atoms with Crippen molar-refractivity contribution in [3.05, 3.63) is 0 Å². The Bertz CT molecular complexity index is 208. The highest BCUT2D eigenvalue weighted by Crippen LogP contribution is 1.93. The van der Waals surface area contributed by atoms with Crippen molar-refractivity contribution >= 4 is 5.78 Å². The van der Waals surface area contributed by atoms with Gasteiger partial charge >= 0.3 is 0 Å². The Morgan fingerprint density at radius 2 is 1.20 bits per heavy atom. The smallest absolute Gasteiger partial charge is 0.137 e. The van der Waals surface area contributed by atoms with E-state index in [0.29, 0.717) is 59.1 Å². The second-order valence-electron chi connectivity index (χ2n) is 4.43. The summed E-state index contributed by atoms with van der Waals surface area (Å²) >= 11 is 0. The lowest BCUT2D eigenvalue weighted by Gasteiger charge is -2.06. The molecular formula is C15H30O5. The van der Waals surface area contributed by atoms with E-state index < -0.39 is 0 Å². The largest absolute Gasteiger partial charge is 0.381 e. The normalized spacial score (nSPS) is 10.9. The zero-order valence-electron chi connectivity index (χ0n) is 13.0. The lowest BCUT2D eigenvalue weighted by atomic mass is 10.2. The van der Waals surface area contributed by atoms with Gasteiger partial charge < -0.3 is 18.9 Å². The standard InChI is InChI=1S/C15H30O5/c1-3-5-8-18-11-13-20-14-12-19-10-7-15(16)6-9-17-4-2/h3-14H2,1-2H3. The van der Waals surface area contributed by atoms with Crippen LogP contribution in [0.3, 0.4) is 0 Å². The molecule has 0 atom stereocenters. The van der Waals surface area contributed by atoms with Crippen LogP contribution in [-0.4, -0.2) is 58.6 Å². The molecule has 0 aliphatic rings. The summed E-state index contributed by atoms with van der Waals surface area (Å²) < 4.78 is 21.1. The Kier molecular flexibility index (Phi) is 16.2. The van der Waals surface area contributed by atoms with E-state index in [1.54, 1.807) is 0 Å². The molecule has 5 nitrogen and oxygen atoms in total. The van der Waals surface area contributed by atoms with Gasteiger partial charge in [-0.05, 0) is 13.3 Å². The first-order chi connectivity index (χ1) is 9.81. The van der Waals surface area contributed by atoms with Gasteiger partial charge in [-0.2, -0.15) is 0 Å². The first-order valence-electron chi connectivity index (χ1n) is 7.63. The van der Waals surface area contributed by atoms with Crippen LogP contribution in [-0.2, 0) is 23.7 Å². The zero-order valence-corrected chi connectivity index (χ0v) is 13.0. The van der Waals surface area contributed by atoms with Gasteiger partial charge in [-0.3, -0.25) is 4.79 Å². The molecule has 5 heteroatoms. The van der Waals surface area contributed by atoms with E-state index in [-0.39, 0.29) is 5.78 Å². The van der Waals surface area contributed by atoms with Gasteiger partial charge in [-0.15, -0.1) is 0 Å². The maximum absolute atomic E-state index is 11.4. The van der Waals surface area contributed by atoms with Crippen LogP contribution in [0, 0.1) is 0 Å². The third-order valence-corrected chi connectivity index (χ3v) is 2.64. The molecule has 0 saturated carbocycles. The molecule has 0 fully saturated rings. The summed E-state index contributed by atoms with van der Waals surface area (Å²) in [6, 6.07) is 0. The summed E-state index contributed by atoms with van der Waals surface area (Å²) in [7, 11) is 0. The average Bonchev–Trinajstić information content (AvgIpc) is 2.45. The number of ether oxygens (including phenoxy) is 4. The molecule has 0 unspecified atom stereocenters. The van der Waals surface area contributed by atoms with Gasteiger partial charge in [0.2, 0.25) is 0 Å². The maximum Gasteiger partial charge on any atom is 0.137 e. The van der Waals surface area contributed by atoms with E-state index in [9.17, 15) is 4.79 Å². The number of hydrogen-bond acceptors (Lipinski definition) is 5. The fourth-order valence-electron chi connectivity index (χ4n) is 1.43. The second kappa shape index (κ2) is 16.6. The fraction of sp³-hybridized carbons (Fsp3) is 0.933. The topological polar surface area (TPSA) is 54.0 Å². The van der Waals surface area contributed by atoms with E-state index in [1.165, 1.54) is 0 Å². The highest BCUT2D eigenvalue weighted by molar-refractivity contribution is 5.78. The minimum absolute atomic E-state index is 0.184. The highest BCUT2D eigenvalue weighted by Gasteiger charge is 2.01. The predicted molar refractivity (Wildman–Crippen MR) is 78.1 cm³/mol. The van der Waals surface area contributed by atoms with Crippen molar-refractivity contribution < 1.29 is 23.7 Å². The molecule has 0 aliphatic heterocycles. The van der Waals surface area contributed by atoms with Crippen molar-refractivity contribution in [1.29, 1.82) is 0 Å². The zero-order chi connectivity index (χ0) is 14.9. The Hall–Kier alpha value is -0.490. The number of unbranched alkanes of at least 4 members (excludes halogenated alkanes) is 1. The molecule has 0 aromatic carbocycles. The Balaban J connectivity index is 3.07. The van der Waals surface area contributed by atoms with Gasteiger partial charge in [0.05, 0.1) is 39.6 Å². The minimum Gasteiger partial charge on any atom is -0.381 e. The van der Waals surface area contributed by atoms with Crippen molar-refractivity contribution in [2.24, 2.45) is 0 Å². The van der Waals surface area contributed by atoms with Gasteiger partial charge in [0.15, 0.2) is 0 Å². The van der Waals surface area contributed by atoms with E-state index in [0.717, 1.165) is 19.4 Å². The van der Waals surface area contributed by atoms with Crippen LogP contribution in [0.15, 0.2) is 0 Å². The van der Waals surface area contributed by atoms with Crippen LogP contribution in [0.25, 0.3) is 0 Å². The van der Waals surface area contributed by atoms with Crippen molar-refractivity contribution in [2.45, 2.75) is 39.5 Å². The van der Waals surface area contributed by atoms with Gasteiger partial charge in [-0.25, -0.2) is 0 Å². The summed E-state index contributed by atoms with van der Waals surface area (Å²) in [4.78, 5) is 11.4. The van der Waals surface area contributed by atoms with E-state index in [2.05, 4.69) is 6.92 Å². The third-order valence-electron chi connectivity index (χ3n) is 2.64. The molecule has 0 amide bonds. The molecule has 120 valence electrons. The van der Waals surface area contributed by atoms with Crippen LogP contribution in [0.1, 0.15) is 39.5 Å². The molecule has 0 bridgehead atoms. The molecule has 20 heavy (non-hydrogen) atoms. The SMILES string of the molecule is CCCCOCCOCCOCCC(=O)CCOCC. The lowest BCUT2D eigenvalue weighted by Crippen LogP contribution is -2.12. The van der Waals surface area contributed by atoms with Crippen molar-refractivity contribution in [3.8, 4) is 0 Å². The monoisotopic (exact) mass is 290 g/mol. The van der Waals surface area contributed by atoms with Crippen LogP contribution in [0.5, 0.6) is 0 Å². The quantitative estimate of drug-likeness (QED) is 0.408. The predicted octanol–water partition coefficient (Wildman–Crippen LogP) is 2.22. The molecule has 0 rings (SSSR count). The molecule has 0 spiro atoms. The minimum atomic E-state index is 0.184. The summed E-state index contributed by atoms with van der Waals surface area (Å²) in [5, 5.41) is 0. The molecule has 0 aromatic heterocycles. The van der Waals surface area contributed by atoms with Crippen molar-refractivity contribution in [3.63, 3.8) is 0 Å². The number of hydrogen-bond donors (Lipinski definition) is 0. The summed E-state index contributed by atoms with van der Waals surface area (Å²) in [5.74, 6) is 0.184. The molecule has 0 heterocycles. The molecule has 0 N–H and O–H groups in total. The first-order valence-corrected chi connectivity index (χ1v) is 7.63. The number of ketones is 1. The van der Waals surface area contributed by atoms with Crippen molar-refractivity contribution in [2.75, 3.05) is 52.9 Å². The fourth-order valence-corrected chi connectivity index (χ4v) is 1.43. The molecule has 0 radical (unpaired) electrons. The highest BCUT2D eigenvalue weighted by atomic mass is 16.5. The Labute approximate surface area is 122 Å². The number of carbonyl (C=O) groups excluding carboxylic acids is 1. The van der Waals surface area contributed by atoms with Crippen LogP contribution in [0.4, 0.5) is 0 Å². The van der Waals surface area contributed by atoms with Gasteiger partial charge in [0.25, 0.3) is 0 Å². The van der Waals surface area contributed by atoms with E-state index in [4.69, 9.17) is 18.9 Å². The van der Waals surface area contributed by atoms with Gasteiger partial charge in [0, 0.05) is 26.1 Å². The Morgan fingerprint density at radius 1 is 0.700 bits per heavy atom. The number of rotatable bonds is 16. The summed E-state index contributed by atoms with van der Waals surface area (Å²) in [6.45, 7) is 8.79. The molecule has 0 aliphatic carbocycles. The summed E-state index contributed by atoms with van der Waals surface area (Å²) in [6.07, 6.45) is 3.18. The van der Waals surface area contributed by atoms with Gasteiger partial charge in [0.1, 0.15) is 5.78 Å². The van der Waals surface area contributed by atoms with Gasteiger partial charge in [-0.1, -0.05) is 13.3 Å². The van der Waals surface area contributed by atoms with Crippen LogP contribution >= 0.6 is 0 Å². The second-order valence-corrected chi connectivity index (χ2v) is 4.43. The maximum atomic E-state index is 11.4. The first kappa shape index (κ1) is 19.5. The van der Waals surface area contributed by atoms with E-state index in [1.807, 2.05) is 6.92 Å². The molecule has 0 aromatic rings. The lowest BCUT2D eigenvalue weighted by molar-refractivity contribution is -0.121. The molecular weight excluding hydrogens is 260 g/mol. The average molecular weight is 290 g/mol. The van der Waals surface area contributed by atoms with Crippen LogP contribution < -0.4 is 0 Å². The van der Waals surface area contributed by atoms with Crippen LogP contribution in [0.2, 0.25) is 0 Å². The third kappa shape index (κ3) is 15.6. The number of carbonyl (C=O) groups is 1.